The molecule has 0 aliphatic rings. The topological polar surface area (TPSA) is 42.9 Å². The first kappa shape index (κ1) is 6.82. The molecule has 0 atom stereocenters. The molecular weight excluding hydrogens is 204 g/mol. The Morgan fingerprint density at radius 1 is 1.89 bits per heavy atom. The van der Waals surface area contributed by atoms with Gasteiger partial charge in [0, 0.05) is 0 Å². The summed E-state index contributed by atoms with van der Waals surface area (Å²) in [7, 11) is 0. The smallest absolute Gasteiger partial charge is 0.203 e. The molecule has 0 amide bonds. The van der Waals surface area contributed by atoms with Gasteiger partial charge in [-0.1, -0.05) is 27.3 Å². The van der Waals surface area contributed by atoms with Gasteiger partial charge in [-0.3, -0.25) is 4.79 Å². The van der Waals surface area contributed by atoms with Crippen molar-refractivity contribution in [3.8, 4) is 0 Å². The molecule has 0 aliphatic heterocycles. The molecule has 0 aromatic carbocycles. The lowest BCUT2D eigenvalue weighted by atomic mass is 10.5. The Balaban J connectivity index is 2.77. The summed E-state index contributed by atoms with van der Waals surface area (Å²) in [6.07, 6.45) is 0. The van der Waals surface area contributed by atoms with E-state index in [-0.39, 0.29) is 5.78 Å². The Kier molecular flexibility index (Phi) is 2.29. The number of halogens is 1. The minimum Gasteiger partial charge on any atom is -0.290 e. The maximum atomic E-state index is 10.7. The van der Waals surface area contributed by atoms with Crippen LogP contribution in [0.5, 0.6) is 0 Å². The second-order valence-electron chi connectivity index (χ2n) is 1.30. The fraction of sp³-hybridized carbons (Fsp3) is 0.250. The molecule has 5 heteroatoms. The minimum absolute atomic E-state index is 0.0162. The quantitative estimate of drug-likeness (QED) is 0.539. The zero-order valence-electron chi connectivity index (χ0n) is 4.37. The van der Waals surface area contributed by atoms with E-state index < -0.39 is 0 Å². The molecule has 0 aliphatic carbocycles. The molecule has 3 nitrogen and oxygen atoms in total. The lowest BCUT2D eigenvalue weighted by molar-refractivity contribution is 0.102. The summed E-state index contributed by atoms with van der Waals surface area (Å²) in [4.78, 5) is 10.7. The number of aromatic nitrogens is 2. The van der Waals surface area contributed by atoms with Gasteiger partial charge in [0.15, 0.2) is 5.01 Å². The number of Topliss-reactive ketones (excluding diaryl/α,β-unsaturated/α-hetero) is 1. The van der Waals surface area contributed by atoms with Crippen molar-refractivity contribution >= 4 is 33.0 Å². The summed E-state index contributed by atoms with van der Waals surface area (Å²) in [6.45, 7) is 0. The number of nitrogens with zero attached hydrogens (tertiary/aromatic N) is 2. The fourth-order valence-corrected chi connectivity index (χ4v) is 1.29. The van der Waals surface area contributed by atoms with E-state index in [4.69, 9.17) is 0 Å². The predicted octanol–water partition coefficient (Wildman–Crippen LogP) is 1.12. The van der Waals surface area contributed by atoms with Gasteiger partial charge >= 0.3 is 0 Å². The molecule has 0 bridgehead atoms. The van der Waals surface area contributed by atoms with Crippen LogP contribution in [0.3, 0.4) is 0 Å². The molecule has 0 saturated heterocycles. The zero-order chi connectivity index (χ0) is 6.69. The Bertz CT molecular complexity index is 198. The van der Waals surface area contributed by atoms with Crippen molar-refractivity contribution in [2.45, 2.75) is 0 Å². The molecule has 1 rings (SSSR count). The van der Waals surface area contributed by atoms with E-state index in [0.717, 1.165) is 0 Å². The third kappa shape index (κ3) is 1.56. The first-order valence-electron chi connectivity index (χ1n) is 2.20. The van der Waals surface area contributed by atoms with Gasteiger partial charge in [0.1, 0.15) is 5.51 Å². The first-order chi connectivity index (χ1) is 4.34. The average molecular weight is 207 g/mol. The second-order valence-corrected chi connectivity index (χ2v) is 2.69. The number of carbonyl (C=O) groups excluding carboxylic acids is 1. The van der Waals surface area contributed by atoms with Gasteiger partial charge in [0.2, 0.25) is 5.78 Å². The maximum Gasteiger partial charge on any atom is 0.203 e. The summed E-state index contributed by atoms with van der Waals surface area (Å²) < 4.78 is 0. The normalized spacial score (nSPS) is 9.44. The van der Waals surface area contributed by atoms with E-state index >= 15 is 0 Å². The summed E-state index contributed by atoms with van der Waals surface area (Å²) in [5.74, 6) is -0.0162. The van der Waals surface area contributed by atoms with Crippen LogP contribution in [-0.4, -0.2) is 21.3 Å². The van der Waals surface area contributed by atoms with E-state index in [0.29, 0.717) is 10.3 Å². The minimum atomic E-state index is -0.0162. The summed E-state index contributed by atoms with van der Waals surface area (Å²) >= 11 is 4.28. The van der Waals surface area contributed by atoms with Crippen molar-refractivity contribution in [1.82, 2.24) is 10.2 Å². The Hall–Kier alpha value is -0.290. The van der Waals surface area contributed by atoms with E-state index in [1.807, 2.05) is 0 Å². The molecule has 0 N–H and O–H groups in total. The molecule has 0 radical (unpaired) electrons. The lowest BCUT2D eigenvalue weighted by Crippen LogP contribution is -1.98. The van der Waals surface area contributed by atoms with Gasteiger partial charge in [0.25, 0.3) is 0 Å². The molecule has 1 heterocycles. The maximum absolute atomic E-state index is 10.7. The van der Waals surface area contributed by atoms with Crippen LogP contribution in [-0.2, 0) is 0 Å². The number of alkyl halides is 1. The van der Waals surface area contributed by atoms with Crippen molar-refractivity contribution < 1.29 is 4.79 Å². The highest BCUT2D eigenvalue weighted by Gasteiger charge is 2.05. The second kappa shape index (κ2) is 3.03. The van der Waals surface area contributed by atoms with Gasteiger partial charge in [0.05, 0.1) is 5.33 Å². The third-order valence-corrected chi connectivity index (χ3v) is 1.96. The van der Waals surface area contributed by atoms with E-state index in [1.165, 1.54) is 16.8 Å². The van der Waals surface area contributed by atoms with Gasteiger partial charge in [-0.2, -0.15) is 0 Å². The molecule has 0 fully saturated rings. The van der Waals surface area contributed by atoms with Crippen molar-refractivity contribution in [1.29, 1.82) is 0 Å². The molecule has 1 aromatic rings. The zero-order valence-corrected chi connectivity index (χ0v) is 6.78. The Labute approximate surface area is 64.2 Å². The largest absolute Gasteiger partial charge is 0.290 e. The Morgan fingerprint density at radius 3 is 3.11 bits per heavy atom. The van der Waals surface area contributed by atoms with Gasteiger partial charge in [-0.15, -0.1) is 10.2 Å². The number of rotatable bonds is 2. The molecule has 0 unspecified atom stereocenters. The fourth-order valence-electron chi connectivity index (χ4n) is 0.352. The SMILES string of the molecule is O=C(CBr)c1nncs1. The van der Waals surface area contributed by atoms with Crippen molar-refractivity contribution in [3.05, 3.63) is 10.5 Å². The third-order valence-electron chi connectivity index (χ3n) is 0.720. The molecular formula is C4H3BrN2OS. The number of carbonyl (C=O) groups is 1. The monoisotopic (exact) mass is 206 g/mol. The molecule has 0 spiro atoms. The van der Waals surface area contributed by atoms with Crippen molar-refractivity contribution in [2.75, 3.05) is 5.33 Å². The molecule has 9 heavy (non-hydrogen) atoms. The standard InChI is InChI=1S/C4H3BrN2OS/c5-1-3(8)4-7-6-2-9-4/h2H,1H2. The predicted molar refractivity (Wildman–Crippen MR) is 38.0 cm³/mol. The summed E-state index contributed by atoms with van der Waals surface area (Å²) in [6, 6.07) is 0. The van der Waals surface area contributed by atoms with E-state index in [1.54, 1.807) is 0 Å². The van der Waals surface area contributed by atoms with Gasteiger partial charge < -0.3 is 0 Å². The average Bonchev–Trinajstić information content (AvgIpc) is 2.37. The highest BCUT2D eigenvalue weighted by Crippen LogP contribution is 2.03. The van der Waals surface area contributed by atoms with Crippen LogP contribution >= 0.6 is 27.3 Å². The first-order valence-corrected chi connectivity index (χ1v) is 4.20. The number of hydrogen-bond acceptors (Lipinski definition) is 4. The van der Waals surface area contributed by atoms with Crippen LogP contribution in [0.15, 0.2) is 5.51 Å². The number of ketones is 1. The van der Waals surface area contributed by atoms with Crippen molar-refractivity contribution in [3.63, 3.8) is 0 Å². The highest BCUT2D eigenvalue weighted by atomic mass is 79.9. The van der Waals surface area contributed by atoms with Crippen LogP contribution in [0.2, 0.25) is 0 Å². The van der Waals surface area contributed by atoms with Crippen LogP contribution in [0.1, 0.15) is 9.80 Å². The number of hydrogen-bond donors (Lipinski definition) is 0. The van der Waals surface area contributed by atoms with Gasteiger partial charge in [-0.05, 0) is 0 Å². The molecule has 0 saturated carbocycles. The molecule has 48 valence electrons. The van der Waals surface area contributed by atoms with Gasteiger partial charge in [-0.25, -0.2) is 0 Å². The summed E-state index contributed by atoms with van der Waals surface area (Å²) in [5, 5.41) is 7.88. The van der Waals surface area contributed by atoms with Crippen LogP contribution in [0.25, 0.3) is 0 Å². The van der Waals surface area contributed by atoms with Crippen LogP contribution in [0.4, 0.5) is 0 Å². The lowest BCUT2D eigenvalue weighted by Gasteiger charge is -1.82. The molecule has 1 aromatic heterocycles. The highest BCUT2D eigenvalue weighted by molar-refractivity contribution is 9.09. The van der Waals surface area contributed by atoms with E-state index in [9.17, 15) is 4.79 Å². The Morgan fingerprint density at radius 2 is 2.67 bits per heavy atom. The van der Waals surface area contributed by atoms with Crippen LogP contribution < -0.4 is 0 Å². The van der Waals surface area contributed by atoms with Crippen LogP contribution in [0, 0.1) is 0 Å². The van der Waals surface area contributed by atoms with E-state index in [2.05, 4.69) is 26.1 Å². The summed E-state index contributed by atoms with van der Waals surface area (Å²) in [5.41, 5.74) is 1.54. The van der Waals surface area contributed by atoms with Crippen molar-refractivity contribution in [2.24, 2.45) is 0 Å².